The first-order valence-electron chi connectivity index (χ1n) is 19.6. The summed E-state index contributed by atoms with van der Waals surface area (Å²) in [6.07, 6.45) is 12.9. The fraction of sp³-hybridized carbons (Fsp3) is 0.500. The summed E-state index contributed by atoms with van der Waals surface area (Å²) < 4.78 is 40.1. The number of carbonyl (C=O) groups excluding carboxylic acids is 4. The van der Waals surface area contributed by atoms with E-state index in [-0.39, 0.29) is 31.4 Å². The lowest BCUT2D eigenvalue weighted by Crippen LogP contribution is -2.58. The van der Waals surface area contributed by atoms with Crippen LogP contribution in [0.5, 0.6) is 5.88 Å². The minimum atomic E-state index is -3.89. The van der Waals surface area contributed by atoms with Crippen LogP contribution < -0.4 is 20.1 Å². The molecule has 296 valence electrons. The molecule has 3 aliphatic carbocycles. The highest BCUT2D eigenvalue weighted by Gasteiger charge is 2.62. The van der Waals surface area contributed by atoms with Gasteiger partial charge < -0.3 is 25.0 Å². The maximum absolute atomic E-state index is 14.6. The predicted octanol–water partition coefficient (Wildman–Crippen LogP) is 4.86. The summed E-state index contributed by atoms with van der Waals surface area (Å²) >= 11 is 1.57. The lowest BCUT2D eigenvalue weighted by atomic mass is 9.96. The van der Waals surface area contributed by atoms with Crippen LogP contribution in [0.2, 0.25) is 0 Å². The molecule has 3 N–H and O–H groups in total. The lowest BCUT2D eigenvalue weighted by molar-refractivity contribution is -0.141. The van der Waals surface area contributed by atoms with Gasteiger partial charge in [-0.15, -0.1) is 11.3 Å². The van der Waals surface area contributed by atoms with Crippen molar-refractivity contribution in [2.45, 2.75) is 112 Å². The van der Waals surface area contributed by atoms with Gasteiger partial charge in [0.1, 0.15) is 35.5 Å². The highest BCUT2D eigenvalue weighted by atomic mass is 32.2. The molecule has 0 spiro atoms. The Morgan fingerprint density at radius 3 is 2.48 bits per heavy atom. The monoisotopic (exact) mass is 802 g/mol. The van der Waals surface area contributed by atoms with Crippen molar-refractivity contribution in [1.29, 1.82) is 0 Å². The number of para-hydroxylation sites is 2. The number of nitrogens with one attached hydrogen (secondary N) is 3. The van der Waals surface area contributed by atoms with Crippen molar-refractivity contribution in [3.8, 4) is 5.88 Å². The Labute approximate surface area is 329 Å². The molecule has 4 fully saturated rings. The highest BCUT2D eigenvalue weighted by molar-refractivity contribution is 7.91. The molecule has 2 aromatic heterocycles. The van der Waals surface area contributed by atoms with Crippen molar-refractivity contribution < 1.29 is 37.1 Å². The second kappa shape index (κ2) is 16.0. The molecule has 14 nitrogen and oxygen atoms in total. The molecular weight excluding hydrogens is 757 g/mol. The molecule has 0 bridgehead atoms. The van der Waals surface area contributed by atoms with Gasteiger partial charge in [-0.1, -0.05) is 43.2 Å². The van der Waals surface area contributed by atoms with E-state index in [1.54, 1.807) is 11.3 Å². The standard InChI is InChI=1S/C40H46N6O8S2/c47-35-34-22-27(53-36-32(20-17-28-13-9-21-55-28)41-30-14-6-7-15-31(30)42-36)24-46(34)37(48)33(43-39(50)54-26-11-8-12-26)16-5-3-1-2-4-10-25-23-40(25,44-35)38(49)45-56(51,52)29-18-19-29/h4,6-7,9-10,13-15,17,20-21,25-27,29,33-34H,1-3,5,8,11-12,16,18-19,22-24H2,(H,43,50)(H,44,47)(H,45,49)/b10-4-,20-17+/t25-,27-,33+,34+,40-/m1/s1. The summed E-state index contributed by atoms with van der Waals surface area (Å²) in [5.74, 6) is -2.08. The summed E-state index contributed by atoms with van der Waals surface area (Å²) in [5.41, 5.74) is 0.239. The quantitative estimate of drug-likeness (QED) is 0.253. The number of sulfonamides is 1. The number of alkyl carbamates (subject to hydrolysis) is 1. The number of carbonyl (C=O) groups is 4. The number of benzene rings is 1. The maximum atomic E-state index is 14.6. The zero-order chi connectivity index (χ0) is 38.9. The molecule has 5 aliphatic rings. The smallest absolute Gasteiger partial charge is 0.408 e. The molecule has 3 aromatic rings. The fourth-order valence-corrected chi connectivity index (χ4v) is 9.54. The Hall–Kier alpha value is -4.83. The van der Waals surface area contributed by atoms with Gasteiger partial charge in [0, 0.05) is 17.2 Å². The van der Waals surface area contributed by atoms with Crippen molar-refractivity contribution in [2.75, 3.05) is 6.54 Å². The van der Waals surface area contributed by atoms with Crippen LogP contribution in [0, 0.1) is 5.92 Å². The molecule has 2 aliphatic heterocycles. The fourth-order valence-electron chi connectivity index (χ4n) is 7.56. The number of fused-ring (bicyclic) bond motifs is 3. The van der Waals surface area contributed by atoms with Crippen molar-refractivity contribution in [1.82, 2.24) is 30.2 Å². The minimum absolute atomic E-state index is 0.0199. The number of hydrogen-bond acceptors (Lipinski definition) is 11. The van der Waals surface area contributed by atoms with E-state index >= 15 is 0 Å². The molecule has 56 heavy (non-hydrogen) atoms. The van der Waals surface area contributed by atoms with Gasteiger partial charge in [-0.05, 0) is 93.5 Å². The van der Waals surface area contributed by atoms with Gasteiger partial charge in [-0.3, -0.25) is 19.1 Å². The summed E-state index contributed by atoms with van der Waals surface area (Å²) in [6, 6.07) is 9.24. The second-order valence-corrected chi connectivity index (χ2v) is 18.3. The van der Waals surface area contributed by atoms with Crippen LogP contribution in [0.25, 0.3) is 23.2 Å². The number of rotatable bonds is 9. The van der Waals surface area contributed by atoms with Gasteiger partial charge in [0.25, 0.3) is 5.91 Å². The number of allylic oxidation sites excluding steroid dienone is 1. The van der Waals surface area contributed by atoms with Gasteiger partial charge in [0.15, 0.2) is 0 Å². The highest BCUT2D eigenvalue weighted by Crippen LogP contribution is 2.46. The maximum Gasteiger partial charge on any atom is 0.408 e. The number of hydrogen-bond donors (Lipinski definition) is 3. The molecular formula is C40H46N6O8S2. The van der Waals surface area contributed by atoms with Crippen LogP contribution in [0.4, 0.5) is 4.79 Å². The van der Waals surface area contributed by atoms with E-state index in [4.69, 9.17) is 19.4 Å². The van der Waals surface area contributed by atoms with E-state index in [9.17, 15) is 27.6 Å². The zero-order valence-corrected chi connectivity index (χ0v) is 32.6. The van der Waals surface area contributed by atoms with E-state index < -0.39 is 68.7 Å². The van der Waals surface area contributed by atoms with Crippen LogP contribution >= 0.6 is 11.3 Å². The van der Waals surface area contributed by atoms with Crippen molar-refractivity contribution in [3.05, 3.63) is 64.5 Å². The van der Waals surface area contributed by atoms with Crippen LogP contribution in [0.1, 0.15) is 87.6 Å². The summed E-state index contributed by atoms with van der Waals surface area (Å²) in [4.78, 5) is 67.9. The number of ether oxygens (including phenoxy) is 2. The molecule has 3 saturated carbocycles. The molecule has 0 unspecified atom stereocenters. The molecule has 8 rings (SSSR count). The second-order valence-electron chi connectivity index (χ2n) is 15.4. The van der Waals surface area contributed by atoms with Crippen LogP contribution in [-0.4, -0.2) is 88.7 Å². The minimum Gasteiger partial charge on any atom is -0.471 e. The van der Waals surface area contributed by atoms with Crippen LogP contribution in [0.3, 0.4) is 0 Å². The number of aromatic nitrogens is 2. The third-order valence-corrected chi connectivity index (χ3v) is 13.9. The topological polar surface area (TPSA) is 186 Å². The lowest BCUT2D eigenvalue weighted by Gasteiger charge is -2.31. The van der Waals surface area contributed by atoms with Gasteiger partial charge in [-0.2, -0.15) is 0 Å². The van der Waals surface area contributed by atoms with Gasteiger partial charge in [0.2, 0.25) is 27.7 Å². The Balaban J connectivity index is 1.10. The Morgan fingerprint density at radius 2 is 1.75 bits per heavy atom. The summed E-state index contributed by atoms with van der Waals surface area (Å²) in [6.45, 7) is -0.0199. The normalized spacial score (nSPS) is 27.9. The number of nitrogens with zero attached hydrogens (tertiary/aromatic N) is 3. The summed E-state index contributed by atoms with van der Waals surface area (Å²) in [7, 11) is -3.89. The van der Waals surface area contributed by atoms with Crippen molar-refractivity contribution in [2.24, 2.45) is 5.92 Å². The van der Waals surface area contributed by atoms with E-state index in [1.807, 2.05) is 66.1 Å². The molecule has 4 amide bonds. The first kappa shape index (κ1) is 38.1. The molecule has 1 aromatic carbocycles. The van der Waals surface area contributed by atoms with E-state index in [0.717, 1.165) is 37.0 Å². The number of thiophene rings is 1. The van der Waals surface area contributed by atoms with E-state index in [2.05, 4.69) is 15.4 Å². The molecule has 5 atom stereocenters. The first-order chi connectivity index (χ1) is 27.1. The van der Waals surface area contributed by atoms with Crippen molar-refractivity contribution >= 4 is 68.4 Å². The SMILES string of the molecule is O=C(N[C@H]1CCCCC/C=C\[C@@H]2C[C@@]2(C(=O)NS(=O)(=O)C2CC2)NC(=O)[C@@H]2C[C@@H](Oc3nc4ccccc4nc3/C=C/c3cccs3)CN2C1=O)OC1CCC1. The average Bonchev–Trinajstić information content (AvgIpc) is 4.03. The Kier molecular flexibility index (Phi) is 10.8. The molecule has 16 heteroatoms. The number of amides is 4. The Bertz CT molecular complexity index is 2150. The third kappa shape index (κ3) is 8.45. The Morgan fingerprint density at radius 1 is 0.946 bits per heavy atom. The third-order valence-electron chi connectivity index (χ3n) is 11.3. The largest absolute Gasteiger partial charge is 0.471 e. The van der Waals surface area contributed by atoms with Gasteiger partial charge >= 0.3 is 6.09 Å². The van der Waals surface area contributed by atoms with Gasteiger partial charge in [0.05, 0.1) is 22.8 Å². The van der Waals surface area contributed by atoms with Gasteiger partial charge in [-0.25, -0.2) is 23.2 Å². The van der Waals surface area contributed by atoms with Crippen LogP contribution in [-0.2, 0) is 29.1 Å². The average molecular weight is 803 g/mol. The molecule has 4 heterocycles. The first-order valence-corrected chi connectivity index (χ1v) is 22.0. The van der Waals surface area contributed by atoms with E-state index in [1.165, 1.54) is 4.90 Å². The zero-order valence-electron chi connectivity index (χ0n) is 30.9. The molecule has 1 saturated heterocycles. The van der Waals surface area contributed by atoms with E-state index in [0.29, 0.717) is 48.8 Å². The molecule has 0 radical (unpaired) electrons. The van der Waals surface area contributed by atoms with Crippen molar-refractivity contribution in [3.63, 3.8) is 0 Å². The summed E-state index contributed by atoms with van der Waals surface area (Å²) in [5, 5.41) is 7.04. The van der Waals surface area contributed by atoms with Crippen LogP contribution in [0.15, 0.2) is 53.9 Å². The predicted molar refractivity (Wildman–Crippen MR) is 210 cm³/mol.